The number of carbonyl (C=O) groups excluding carboxylic acids is 1. The third kappa shape index (κ3) is 9.52. The molecule has 0 aliphatic heterocycles. The van der Waals surface area contributed by atoms with Gasteiger partial charge in [-0.15, -0.1) is 0 Å². The van der Waals surface area contributed by atoms with E-state index in [9.17, 15) is 4.79 Å². The molecule has 2 heteroatoms. The van der Waals surface area contributed by atoms with Crippen LogP contribution in [0.15, 0.2) is 24.3 Å². The lowest BCUT2D eigenvalue weighted by Gasteiger charge is -2.16. The van der Waals surface area contributed by atoms with Crippen LogP contribution in [0.25, 0.3) is 0 Å². The van der Waals surface area contributed by atoms with Gasteiger partial charge < -0.3 is 4.74 Å². The van der Waals surface area contributed by atoms with Gasteiger partial charge >= 0.3 is 5.97 Å². The molecule has 1 unspecified atom stereocenters. The highest BCUT2D eigenvalue weighted by Crippen LogP contribution is 2.16. The minimum Gasteiger partial charge on any atom is -0.458 e. The molecule has 19 heavy (non-hydrogen) atoms. The number of hydrogen-bond donors (Lipinski definition) is 0. The molecule has 0 spiro atoms. The van der Waals surface area contributed by atoms with Crippen molar-refractivity contribution in [3.8, 4) is 0 Å². The molecule has 0 N–H and O–H groups in total. The summed E-state index contributed by atoms with van der Waals surface area (Å²) in [5.41, 5.74) is 0. The molecular weight excluding hydrogens is 236 g/mol. The van der Waals surface area contributed by atoms with Crippen LogP contribution in [0.2, 0.25) is 0 Å². The van der Waals surface area contributed by atoms with Gasteiger partial charge in [-0.1, -0.05) is 51.8 Å². The largest absolute Gasteiger partial charge is 0.458 e. The Labute approximate surface area is 118 Å². The second-order valence-corrected chi connectivity index (χ2v) is 4.96. The van der Waals surface area contributed by atoms with Crippen molar-refractivity contribution in [1.82, 2.24) is 0 Å². The zero-order valence-electron chi connectivity index (χ0n) is 13.0. The number of carbonyl (C=O) groups is 1. The van der Waals surface area contributed by atoms with Gasteiger partial charge in [0.05, 0.1) is 5.92 Å². The van der Waals surface area contributed by atoms with Crippen LogP contribution < -0.4 is 0 Å². The first-order valence-corrected chi connectivity index (χ1v) is 7.67. The molecule has 0 fully saturated rings. The molecular formula is C17H30O2. The summed E-state index contributed by atoms with van der Waals surface area (Å²) >= 11 is 0. The van der Waals surface area contributed by atoms with Crippen LogP contribution in [0.3, 0.4) is 0 Å². The van der Waals surface area contributed by atoms with Gasteiger partial charge in [-0.25, -0.2) is 0 Å². The molecule has 0 heterocycles. The van der Waals surface area contributed by atoms with E-state index in [0.29, 0.717) is 0 Å². The fraction of sp³-hybridized carbons (Fsp3) is 0.706. The molecule has 0 saturated heterocycles. The van der Waals surface area contributed by atoms with Crippen LogP contribution in [-0.4, -0.2) is 12.1 Å². The van der Waals surface area contributed by atoms with E-state index in [1.54, 1.807) is 0 Å². The van der Waals surface area contributed by atoms with Crippen LogP contribution in [-0.2, 0) is 9.53 Å². The van der Waals surface area contributed by atoms with Crippen molar-refractivity contribution in [2.75, 3.05) is 0 Å². The maximum Gasteiger partial charge on any atom is 0.309 e. The van der Waals surface area contributed by atoms with Gasteiger partial charge in [0, 0.05) is 0 Å². The number of ether oxygens (including phenoxy) is 1. The maximum atomic E-state index is 12.0. The van der Waals surface area contributed by atoms with Gasteiger partial charge in [0.25, 0.3) is 0 Å². The van der Waals surface area contributed by atoms with Crippen molar-refractivity contribution >= 4 is 5.97 Å². The average Bonchev–Trinajstić information content (AvgIpc) is 2.38. The van der Waals surface area contributed by atoms with Crippen LogP contribution in [0.1, 0.15) is 66.2 Å². The monoisotopic (exact) mass is 266 g/mol. The van der Waals surface area contributed by atoms with Crippen molar-refractivity contribution < 1.29 is 9.53 Å². The number of rotatable bonds is 10. The van der Waals surface area contributed by atoms with Gasteiger partial charge in [0.2, 0.25) is 0 Å². The molecule has 0 rings (SSSR count). The molecule has 0 aliphatic rings. The lowest BCUT2D eigenvalue weighted by Crippen LogP contribution is -2.21. The van der Waals surface area contributed by atoms with E-state index >= 15 is 0 Å². The van der Waals surface area contributed by atoms with Crippen molar-refractivity contribution in [1.29, 1.82) is 0 Å². The van der Waals surface area contributed by atoms with Crippen LogP contribution in [0.4, 0.5) is 0 Å². The van der Waals surface area contributed by atoms with E-state index in [1.807, 2.05) is 13.0 Å². The zero-order valence-corrected chi connectivity index (χ0v) is 13.0. The van der Waals surface area contributed by atoms with E-state index < -0.39 is 0 Å². The Morgan fingerprint density at radius 2 is 1.68 bits per heavy atom. The van der Waals surface area contributed by atoms with Gasteiger partial charge in [0.15, 0.2) is 0 Å². The lowest BCUT2D eigenvalue weighted by molar-refractivity contribution is -0.151. The molecule has 0 aromatic rings. The first-order chi connectivity index (χ1) is 9.15. The van der Waals surface area contributed by atoms with Crippen LogP contribution in [0, 0.1) is 5.92 Å². The highest BCUT2D eigenvalue weighted by molar-refractivity contribution is 5.72. The summed E-state index contributed by atoms with van der Waals surface area (Å²) in [6, 6.07) is 0. The standard InChI is InChI=1S/C17H30O2/c1-5-8-9-10-11-14-15(4)19-17(18)16(12-6-2)13-7-3/h8-9,11,14-16H,5-7,10,12-13H2,1-4H3/b9-8-,14-11-. The first kappa shape index (κ1) is 17.9. The number of hydrogen-bond acceptors (Lipinski definition) is 2. The smallest absolute Gasteiger partial charge is 0.309 e. The Balaban J connectivity index is 4.10. The highest BCUT2D eigenvalue weighted by atomic mass is 16.5. The number of allylic oxidation sites excluding steroid dienone is 3. The van der Waals surface area contributed by atoms with Crippen molar-refractivity contribution in [2.24, 2.45) is 5.92 Å². The fourth-order valence-electron chi connectivity index (χ4n) is 2.01. The molecule has 0 aromatic heterocycles. The second kappa shape index (κ2) is 12.0. The van der Waals surface area contributed by atoms with Crippen LogP contribution in [0.5, 0.6) is 0 Å². The Morgan fingerprint density at radius 1 is 1.05 bits per heavy atom. The predicted octanol–water partition coefficient (Wildman–Crippen LogP) is 5.05. The molecule has 0 aromatic carbocycles. The Hall–Kier alpha value is -1.05. The molecule has 110 valence electrons. The topological polar surface area (TPSA) is 26.3 Å². The third-order valence-corrected chi connectivity index (χ3v) is 2.99. The van der Waals surface area contributed by atoms with E-state index in [0.717, 1.165) is 38.5 Å². The van der Waals surface area contributed by atoms with Crippen molar-refractivity contribution in [3.05, 3.63) is 24.3 Å². The van der Waals surface area contributed by atoms with Gasteiger partial charge in [-0.05, 0) is 38.7 Å². The molecule has 0 saturated carbocycles. The quantitative estimate of drug-likeness (QED) is 0.408. The highest BCUT2D eigenvalue weighted by Gasteiger charge is 2.19. The van der Waals surface area contributed by atoms with E-state index in [1.165, 1.54) is 0 Å². The Kier molecular flexibility index (Phi) is 11.3. The van der Waals surface area contributed by atoms with Crippen molar-refractivity contribution in [3.63, 3.8) is 0 Å². The third-order valence-electron chi connectivity index (χ3n) is 2.99. The first-order valence-electron chi connectivity index (χ1n) is 7.67. The summed E-state index contributed by atoms with van der Waals surface area (Å²) in [5.74, 6) is 0.0378. The average molecular weight is 266 g/mol. The summed E-state index contributed by atoms with van der Waals surface area (Å²) in [6.07, 6.45) is 14.1. The molecule has 0 amide bonds. The van der Waals surface area contributed by atoms with E-state index in [4.69, 9.17) is 4.74 Å². The SMILES string of the molecule is CC/C=C\C/C=C\C(C)OC(=O)C(CCC)CCC. The molecule has 2 nitrogen and oxygen atoms in total. The van der Waals surface area contributed by atoms with Gasteiger partial charge in [0.1, 0.15) is 6.10 Å². The number of esters is 1. The molecule has 0 aliphatic carbocycles. The van der Waals surface area contributed by atoms with E-state index in [-0.39, 0.29) is 18.0 Å². The lowest BCUT2D eigenvalue weighted by atomic mass is 9.98. The minimum absolute atomic E-state index is 0.0371. The van der Waals surface area contributed by atoms with Gasteiger partial charge in [-0.3, -0.25) is 4.79 Å². The normalized spacial score (nSPS) is 13.5. The summed E-state index contributed by atoms with van der Waals surface area (Å²) in [5, 5.41) is 0. The zero-order chi connectivity index (χ0) is 14.5. The predicted molar refractivity (Wildman–Crippen MR) is 82.0 cm³/mol. The summed E-state index contributed by atoms with van der Waals surface area (Å²) in [4.78, 5) is 12.0. The second-order valence-electron chi connectivity index (χ2n) is 4.96. The Bertz CT molecular complexity index is 273. The minimum atomic E-state index is -0.126. The molecule has 0 radical (unpaired) electrons. The summed E-state index contributed by atoms with van der Waals surface area (Å²) in [6.45, 7) is 8.26. The van der Waals surface area contributed by atoms with Gasteiger partial charge in [-0.2, -0.15) is 0 Å². The summed E-state index contributed by atoms with van der Waals surface area (Å²) in [7, 11) is 0. The molecule has 0 bridgehead atoms. The fourth-order valence-corrected chi connectivity index (χ4v) is 2.01. The molecule has 1 atom stereocenters. The van der Waals surface area contributed by atoms with Crippen molar-refractivity contribution in [2.45, 2.75) is 72.3 Å². The van der Waals surface area contributed by atoms with Crippen LogP contribution >= 0.6 is 0 Å². The Morgan fingerprint density at radius 3 is 2.21 bits per heavy atom. The van der Waals surface area contributed by atoms with E-state index in [2.05, 4.69) is 39.0 Å². The summed E-state index contributed by atoms with van der Waals surface area (Å²) < 4.78 is 5.47. The maximum absolute atomic E-state index is 12.0.